The van der Waals surface area contributed by atoms with Crippen molar-refractivity contribution in [3.8, 4) is 0 Å². The first-order chi connectivity index (χ1) is 13.1. The number of guanidine groups is 1. The van der Waals surface area contributed by atoms with Gasteiger partial charge in [0, 0.05) is 62.1 Å². The molecule has 0 saturated carbocycles. The van der Waals surface area contributed by atoms with Gasteiger partial charge in [0.15, 0.2) is 5.96 Å². The minimum atomic E-state index is 0. The van der Waals surface area contributed by atoms with Crippen LogP contribution in [0, 0.1) is 0 Å². The number of hydrogen-bond acceptors (Lipinski definition) is 4. The average molecular weight is 522 g/mol. The van der Waals surface area contributed by atoms with Crippen LogP contribution in [0.2, 0.25) is 5.02 Å². The first-order valence-electron chi connectivity index (χ1n) is 9.88. The van der Waals surface area contributed by atoms with E-state index in [9.17, 15) is 0 Å². The van der Waals surface area contributed by atoms with E-state index in [1.165, 1.54) is 5.69 Å². The van der Waals surface area contributed by atoms with Gasteiger partial charge in [-0.2, -0.15) is 0 Å². The molecule has 2 heterocycles. The van der Waals surface area contributed by atoms with Crippen molar-refractivity contribution < 1.29 is 4.74 Å². The summed E-state index contributed by atoms with van der Waals surface area (Å²) in [5, 5.41) is 7.85. The number of morpholine rings is 1. The Kier molecular flexibility index (Phi) is 9.59. The second-order valence-corrected chi connectivity index (χ2v) is 7.96. The molecule has 2 fully saturated rings. The Bertz CT molecular complexity index is 647. The molecule has 1 aromatic carbocycles. The number of nitrogens with zero attached hydrogens (tertiary/aromatic N) is 3. The molecule has 2 saturated heterocycles. The van der Waals surface area contributed by atoms with E-state index in [0.717, 1.165) is 56.8 Å². The molecule has 2 aliphatic heterocycles. The Balaban J connectivity index is 0.00000280. The normalized spacial score (nSPS) is 24.6. The van der Waals surface area contributed by atoms with Crippen molar-refractivity contribution in [2.75, 3.05) is 51.3 Å². The Morgan fingerprint density at radius 2 is 2.21 bits per heavy atom. The molecule has 0 radical (unpaired) electrons. The van der Waals surface area contributed by atoms with Crippen molar-refractivity contribution in [3.63, 3.8) is 0 Å². The number of hydrogen-bond donors (Lipinski definition) is 2. The van der Waals surface area contributed by atoms with Crippen molar-refractivity contribution in [1.29, 1.82) is 0 Å². The summed E-state index contributed by atoms with van der Waals surface area (Å²) in [4.78, 5) is 9.28. The third-order valence-electron chi connectivity index (χ3n) is 5.48. The summed E-state index contributed by atoms with van der Waals surface area (Å²) in [5.41, 5.74) is 1.18. The van der Waals surface area contributed by atoms with Gasteiger partial charge in [0.25, 0.3) is 0 Å². The van der Waals surface area contributed by atoms with Gasteiger partial charge in [-0.25, -0.2) is 0 Å². The maximum atomic E-state index is 6.13. The first kappa shape index (κ1) is 23.5. The lowest BCUT2D eigenvalue weighted by Gasteiger charge is -2.38. The zero-order valence-electron chi connectivity index (χ0n) is 17.0. The fraction of sp³-hybridized carbons (Fsp3) is 0.650. The lowest BCUT2D eigenvalue weighted by molar-refractivity contribution is -0.0174. The van der Waals surface area contributed by atoms with Gasteiger partial charge in [-0.15, -0.1) is 24.0 Å². The number of nitrogens with one attached hydrogen (secondary N) is 2. The monoisotopic (exact) mass is 521 g/mol. The zero-order valence-corrected chi connectivity index (χ0v) is 20.1. The van der Waals surface area contributed by atoms with E-state index in [4.69, 9.17) is 16.3 Å². The molecule has 3 atom stereocenters. The van der Waals surface area contributed by atoms with Crippen LogP contribution >= 0.6 is 35.6 Å². The van der Waals surface area contributed by atoms with Crippen molar-refractivity contribution in [2.45, 2.75) is 38.4 Å². The van der Waals surface area contributed by atoms with Crippen LogP contribution in [0.1, 0.15) is 20.3 Å². The number of benzene rings is 1. The largest absolute Gasteiger partial charge is 0.379 e. The van der Waals surface area contributed by atoms with Crippen molar-refractivity contribution in [2.24, 2.45) is 4.99 Å². The summed E-state index contributed by atoms with van der Waals surface area (Å²) in [7, 11) is 1.83. The van der Waals surface area contributed by atoms with Gasteiger partial charge in [-0.05, 0) is 38.5 Å². The van der Waals surface area contributed by atoms with Gasteiger partial charge in [0.2, 0.25) is 0 Å². The van der Waals surface area contributed by atoms with Crippen molar-refractivity contribution >= 4 is 47.2 Å². The van der Waals surface area contributed by atoms with E-state index in [-0.39, 0.29) is 24.0 Å². The summed E-state index contributed by atoms with van der Waals surface area (Å²) < 4.78 is 5.54. The quantitative estimate of drug-likeness (QED) is 0.355. The number of aliphatic imine (C=N–C) groups is 1. The number of ether oxygens (including phenoxy) is 1. The Labute approximate surface area is 191 Å². The molecule has 8 heteroatoms. The van der Waals surface area contributed by atoms with E-state index in [0.29, 0.717) is 18.1 Å². The van der Waals surface area contributed by atoms with Gasteiger partial charge >= 0.3 is 0 Å². The van der Waals surface area contributed by atoms with E-state index in [1.807, 2.05) is 25.2 Å². The van der Waals surface area contributed by atoms with Crippen LogP contribution in [-0.2, 0) is 4.74 Å². The highest BCUT2D eigenvalue weighted by atomic mass is 127. The van der Waals surface area contributed by atoms with E-state index >= 15 is 0 Å². The summed E-state index contributed by atoms with van der Waals surface area (Å²) in [6.45, 7) is 9.97. The summed E-state index contributed by atoms with van der Waals surface area (Å²) >= 11 is 6.13. The topological polar surface area (TPSA) is 52.1 Å². The van der Waals surface area contributed by atoms with Crippen LogP contribution in [0.15, 0.2) is 29.3 Å². The molecule has 0 bridgehead atoms. The summed E-state index contributed by atoms with van der Waals surface area (Å²) in [6.07, 6.45) is 1.09. The Hall–Kier alpha value is -0.770. The second-order valence-electron chi connectivity index (χ2n) is 7.52. The molecule has 2 aliphatic rings. The maximum Gasteiger partial charge on any atom is 0.191 e. The number of anilines is 1. The average Bonchev–Trinajstić information content (AvgIpc) is 3.14. The zero-order chi connectivity index (χ0) is 19.2. The molecule has 0 aromatic heterocycles. The molecular weight excluding hydrogens is 489 g/mol. The molecule has 28 heavy (non-hydrogen) atoms. The minimum Gasteiger partial charge on any atom is -0.379 e. The third kappa shape index (κ3) is 6.37. The molecule has 0 spiro atoms. The summed E-state index contributed by atoms with van der Waals surface area (Å²) in [6, 6.07) is 9.36. The lowest BCUT2D eigenvalue weighted by Crippen LogP contribution is -2.53. The molecule has 3 rings (SSSR count). The lowest BCUT2D eigenvalue weighted by atomic mass is 10.2. The molecule has 0 aliphatic carbocycles. The SMILES string of the molecule is CN=C(NCC(C)N1CCOCC1C)NC1CCN(c2cccc(Cl)c2)C1.I. The van der Waals surface area contributed by atoms with Crippen LogP contribution in [-0.4, -0.2) is 75.4 Å². The smallest absolute Gasteiger partial charge is 0.191 e. The van der Waals surface area contributed by atoms with E-state index in [2.05, 4.69) is 45.3 Å². The molecule has 158 valence electrons. The predicted octanol–water partition coefficient (Wildman–Crippen LogP) is 2.81. The molecule has 6 nitrogen and oxygen atoms in total. The van der Waals surface area contributed by atoms with Crippen LogP contribution in [0.25, 0.3) is 0 Å². The van der Waals surface area contributed by atoms with Gasteiger partial charge in [0.1, 0.15) is 0 Å². The van der Waals surface area contributed by atoms with Gasteiger partial charge in [0.05, 0.1) is 13.2 Å². The van der Waals surface area contributed by atoms with Crippen LogP contribution in [0.3, 0.4) is 0 Å². The van der Waals surface area contributed by atoms with Crippen LogP contribution < -0.4 is 15.5 Å². The number of halogens is 2. The third-order valence-corrected chi connectivity index (χ3v) is 5.71. The molecular formula is C20H33ClIN5O. The molecule has 0 amide bonds. The Morgan fingerprint density at radius 1 is 1.39 bits per heavy atom. The second kappa shape index (κ2) is 11.4. The Morgan fingerprint density at radius 3 is 2.93 bits per heavy atom. The standard InChI is InChI=1S/C20H32ClN5O.HI/c1-15(26-9-10-27-14-16(26)2)12-23-20(22-3)24-18-7-8-25(13-18)19-6-4-5-17(21)11-19;/h4-6,11,15-16,18H,7-10,12-14H2,1-3H3,(H2,22,23,24);1H. The molecule has 3 unspecified atom stereocenters. The first-order valence-corrected chi connectivity index (χ1v) is 10.3. The highest BCUT2D eigenvalue weighted by molar-refractivity contribution is 14.0. The van der Waals surface area contributed by atoms with Gasteiger partial charge < -0.3 is 20.3 Å². The van der Waals surface area contributed by atoms with E-state index in [1.54, 1.807) is 0 Å². The van der Waals surface area contributed by atoms with E-state index < -0.39 is 0 Å². The maximum absolute atomic E-state index is 6.13. The highest BCUT2D eigenvalue weighted by Gasteiger charge is 2.25. The highest BCUT2D eigenvalue weighted by Crippen LogP contribution is 2.23. The number of rotatable bonds is 5. The fourth-order valence-corrected chi connectivity index (χ4v) is 4.11. The fourth-order valence-electron chi connectivity index (χ4n) is 3.93. The van der Waals surface area contributed by atoms with Gasteiger partial charge in [-0.3, -0.25) is 9.89 Å². The van der Waals surface area contributed by atoms with Crippen molar-refractivity contribution in [3.05, 3.63) is 29.3 Å². The molecule has 2 N–H and O–H groups in total. The van der Waals surface area contributed by atoms with Gasteiger partial charge in [-0.1, -0.05) is 17.7 Å². The van der Waals surface area contributed by atoms with Crippen LogP contribution in [0.4, 0.5) is 5.69 Å². The van der Waals surface area contributed by atoms with Crippen molar-refractivity contribution in [1.82, 2.24) is 15.5 Å². The molecule has 1 aromatic rings. The summed E-state index contributed by atoms with van der Waals surface area (Å²) in [5.74, 6) is 0.876. The predicted molar refractivity (Wildman–Crippen MR) is 128 cm³/mol. The minimum absolute atomic E-state index is 0. The van der Waals surface area contributed by atoms with Crippen LogP contribution in [0.5, 0.6) is 0 Å².